The Morgan fingerprint density at radius 1 is 0.556 bits per heavy atom. The molecule has 0 fully saturated rings. The number of rotatable bonds is 2. The Hall–Kier alpha value is -3.30. The smallest absolute Gasteiger partial charge is 0.0973 e. The molecule has 3 heterocycles. The summed E-state index contributed by atoms with van der Waals surface area (Å²) < 4.78 is 0. The molecule has 0 aliphatic carbocycles. The van der Waals surface area contributed by atoms with Crippen LogP contribution in [0, 0.1) is 0 Å². The fourth-order valence-electron chi connectivity index (χ4n) is 3.21. The van der Waals surface area contributed by atoms with Gasteiger partial charge in [-0.3, -0.25) is 4.98 Å². The quantitative estimate of drug-likeness (QED) is 0.350. The summed E-state index contributed by atoms with van der Waals surface area (Å²) >= 11 is 6.01. The lowest BCUT2D eigenvalue weighted by Gasteiger charge is -2.08. The Morgan fingerprint density at radius 2 is 1.19 bits per heavy atom. The van der Waals surface area contributed by atoms with Gasteiger partial charge in [0.25, 0.3) is 0 Å². The number of hydrogen-bond acceptors (Lipinski definition) is 3. The van der Waals surface area contributed by atoms with Crippen LogP contribution in [-0.2, 0) is 0 Å². The average Bonchev–Trinajstić information content (AvgIpc) is 2.74. The Kier molecular flexibility index (Phi) is 3.80. The first kappa shape index (κ1) is 15.9. The molecule has 0 N–H and O–H groups in total. The van der Waals surface area contributed by atoms with E-state index in [0.717, 1.165) is 44.5 Å². The first-order valence-corrected chi connectivity index (χ1v) is 9.04. The number of benzene rings is 2. The highest BCUT2D eigenvalue weighted by Crippen LogP contribution is 2.28. The van der Waals surface area contributed by atoms with Gasteiger partial charge in [0.15, 0.2) is 0 Å². The summed E-state index contributed by atoms with van der Waals surface area (Å²) in [6.07, 6.45) is 1.78. The van der Waals surface area contributed by atoms with E-state index in [9.17, 15) is 0 Å². The maximum Gasteiger partial charge on any atom is 0.0973 e. The van der Waals surface area contributed by atoms with E-state index >= 15 is 0 Å². The molecule has 0 amide bonds. The lowest BCUT2D eigenvalue weighted by Crippen LogP contribution is -1.91. The van der Waals surface area contributed by atoms with Crippen molar-refractivity contribution in [2.24, 2.45) is 0 Å². The standard InChI is InChI=1S/C23H14ClN3/c24-18-10-6-15(7-11-18)19-12-8-16-4-5-17-9-13-21(20-3-1-2-14-25-20)27-23(17)22(16)26-19/h1-14H. The fraction of sp³-hybridized carbons (Fsp3) is 0. The largest absolute Gasteiger partial charge is 0.255 e. The van der Waals surface area contributed by atoms with Crippen LogP contribution < -0.4 is 0 Å². The van der Waals surface area contributed by atoms with Gasteiger partial charge >= 0.3 is 0 Å². The predicted molar refractivity (Wildman–Crippen MR) is 111 cm³/mol. The van der Waals surface area contributed by atoms with E-state index in [4.69, 9.17) is 21.6 Å². The number of pyridine rings is 3. The molecule has 0 saturated heterocycles. The second kappa shape index (κ2) is 6.45. The van der Waals surface area contributed by atoms with E-state index in [1.165, 1.54) is 0 Å². The normalized spacial score (nSPS) is 11.1. The highest BCUT2D eigenvalue weighted by molar-refractivity contribution is 6.30. The topological polar surface area (TPSA) is 38.7 Å². The minimum absolute atomic E-state index is 0.714. The van der Waals surface area contributed by atoms with Crippen molar-refractivity contribution in [1.82, 2.24) is 15.0 Å². The van der Waals surface area contributed by atoms with Crippen LogP contribution >= 0.6 is 11.6 Å². The Bertz CT molecular complexity index is 1270. The van der Waals surface area contributed by atoms with Gasteiger partial charge in [-0.05, 0) is 36.4 Å². The highest BCUT2D eigenvalue weighted by Gasteiger charge is 2.09. The molecule has 0 unspecified atom stereocenters. The van der Waals surface area contributed by atoms with Crippen LogP contribution in [0.3, 0.4) is 0 Å². The number of nitrogens with zero attached hydrogens (tertiary/aromatic N) is 3. The Labute approximate surface area is 161 Å². The molecule has 0 aliphatic rings. The molecule has 27 heavy (non-hydrogen) atoms. The van der Waals surface area contributed by atoms with Crippen LogP contribution in [-0.4, -0.2) is 15.0 Å². The van der Waals surface area contributed by atoms with Gasteiger partial charge < -0.3 is 0 Å². The van der Waals surface area contributed by atoms with Gasteiger partial charge in [0, 0.05) is 27.6 Å². The summed E-state index contributed by atoms with van der Waals surface area (Å²) in [6.45, 7) is 0. The Morgan fingerprint density at radius 3 is 1.85 bits per heavy atom. The molecule has 0 saturated carbocycles. The molecule has 3 nitrogen and oxygen atoms in total. The summed E-state index contributed by atoms with van der Waals surface area (Å²) in [7, 11) is 0. The maximum absolute atomic E-state index is 6.01. The molecular weight excluding hydrogens is 354 g/mol. The van der Waals surface area contributed by atoms with Gasteiger partial charge in [0.05, 0.1) is 28.1 Å². The van der Waals surface area contributed by atoms with E-state index in [-0.39, 0.29) is 0 Å². The van der Waals surface area contributed by atoms with Crippen molar-refractivity contribution in [3.63, 3.8) is 0 Å². The molecular formula is C23H14ClN3. The lowest BCUT2D eigenvalue weighted by atomic mass is 10.1. The molecule has 3 aromatic heterocycles. The molecule has 5 aromatic rings. The first-order chi connectivity index (χ1) is 13.3. The van der Waals surface area contributed by atoms with Crippen molar-refractivity contribution < 1.29 is 0 Å². The summed E-state index contributed by atoms with van der Waals surface area (Å²) in [4.78, 5) is 14.2. The molecule has 2 aromatic carbocycles. The third kappa shape index (κ3) is 2.92. The van der Waals surface area contributed by atoms with Crippen molar-refractivity contribution in [3.05, 3.63) is 90.1 Å². The molecule has 0 aliphatic heterocycles. The van der Waals surface area contributed by atoms with Gasteiger partial charge in [0.1, 0.15) is 0 Å². The first-order valence-electron chi connectivity index (χ1n) is 8.66. The van der Waals surface area contributed by atoms with Crippen LogP contribution in [0.5, 0.6) is 0 Å². The molecule has 4 heteroatoms. The summed E-state index contributed by atoms with van der Waals surface area (Å²) in [5.41, 5.74) is 5.39. The minimum Gasteiger partial charge on any atom is -0.255 e. The van der Waals surface area contributed by atoms with E-state index in [2.05, 4.69) is 29.2 Å². The number of fused-ring (bicyclic) bond motifs is 3. The lowest BCUT2D eigenvalue weighted by molar-refractivity contribution is 1.27. The van der Waals surface area contributed by atoms with Crippen molar-refractivity contribution in [2.75, 3.05) is 0 Å². The molecule has 0 radical (unpaired) electrons. The van der Waals surface area contributed by atoms with Gasteiger partial charge in [-0.25, -0.2) is 9.97 Å². The van der Waals surface area contributed by atoms with Crippen molar-refractivity contribution in [3.8, 4) is 22.6 Å². The predicted octanol–water partition coefficient (Wildman–Crippen LogP) is 6.17. The summed E-state index contributed by atoms with van der Waals surface area (Å²) in [6, 6.07) is 25.9. The number of hydrogen-bond donors (Lipinski definition) is 0. The summed E-state index contributed by atoms with van der Waals surface area (Å²) in [5, 5.41) is 2.83. The van der Waals surface area contributed by atoms with Gasteiger partial charge in [-0.1, -0.05) is 54.1 Å². The fourth-order valence-corrected chi connectivity index (χ4v) is 3.33. The van der Waals surface area contributed by atoms with E-state index in [1.807, 2.05) is 54.6 Å². The van der Waals surface area contributed by atoms with Gasteiger partial charge in [-0.15, -0.1) is 0 Å². The SMILES string of the molecule is Clc1ccc(-c2ccc3ccc4ccc(-c5ccccn5)nc4c3n2)cc1. The Balaban J connectivity index is 1.74. The highest BCUT2D eigenvalue weighted by atomic mass is 35.5. The van der Waals surface area contributed by atoms with Crippen LogP contribution in [0.2, 0.25) is 5.02 Å². The van der Waals surface area contributed by atoms with Crippen LogP contribution in [0.15, 0.2) is 85.1 Å². The van der Waals surface area contributed by atoms with Gasteiger partial charge in [-0.2, -0.15) is 0 Å². The molecule has 128 valence electrons. The van der Waals surface area contributed by atoms with E-state index in [1.54, 1.807) is 6.20 Å². The zero-order valence-corrected chi connectivity index (χ0v) is 15.1. The number of halogens is 1. The molecule has 5 rings (SSSR count). The van der Waals surface area contributed by atoms with Gasteiger partial charge in [0.2, 0.25) is 0 Å². The van der Waals surface area contributed by atoms with Crippen molar-refractivity contribution in [2.45, 2.75) is 0 Å². The summed E-state index contributed by atoms with van der Waals surface area (Å²) in [5.74, 6) is 0. The molecule has 0 atom stereocenters. The third-order valence-corrected chi connectivity index (χ3v) is 4.84. The second-order valence-electron chi connectivity index (χ2n) is 6.32. The third-order valence-electron chi connectivity index (χ3n) is 4.59. The zero-order valence-electron chi connectivity index (χ0n) is 14.3. The second-order valence-corrected chi connectivity index (χ2v) is 6.76. The zero-order chi connectivity index (χ0) is 18.2. The maximum atomic E-state index is 6.01. The van der Waals surface area contributed by atoms with Crippen molar-refractivity contribution in [1.29, 1.82) is 0 Å². The van der Waals surface area contributed by atoms with Crippen LogP contribution in [0.4, 0.5) is 0 Å². The van der Waals surface area contributed by atoms with E-state index < -0.39 is 0 Å². The average molecular weight is 368 g/mol. The molecule has 0 bridgehead atoms. The van der Waals surface area contributed by atoms with Crippen LogP contribution in [0.25, 0.3) is 44.5 Å². The molecule has 0 spiro atoms. The minimum atomic E-state index is 0.714. The number of aromatic nitrogens is 3. The van der Waals surface area contributed by atoms with Crippen LogP contribution in [0.1, 0.15) is 0 Å². The van der Waals surface area contributed by atoms with Crippen molar-refractivity contribution >= 4 is 33.4 Å². The van der Waals surface area contributed by atoms with E-state index in [0.29, 0.717) is 5.02 Å². The monoisotopic (exact) mass is 367 g/mol.